The molecule has 4 heteroatoms. The van der Waals surface area contributed by atoms with E-state index in [2.05, 4.69) is 20.9 Å². The molecule has 2 heterocycles. The van der Waals surface area contributed by atoms with Crippen LogP contribution in [0.25, 0.3) is 5.52 Å². The maximum atomic E-state index is 5.80. The summed E-state index contributed by atoms with van der Waals surface area (Å²) in [6.45, 7) is 0. The summed E-state index contributed by atoms with van der Waals surface area (Å²) in [6, 6.07) is 5.80. The monoisotopic (exact) mass is 230 g/mol. The average molecular weight is 231 g/mol. The van der Waals surface area contributed by atoms with E-state index in [0.29, 0.717) is 5.28 Å². The van der Waals surface area contributed by atoms with Crippen LogP contribution in [0.5, 0.6) is 0 Å². The molecule has 0 bridgehead atoms. The lowest BCUT2D eigenvalue weighted by Gasteiger charge is -1.90. The Labute approximate surface area is 76.9 Å². The number of hydrogen-bond donors (Lipinski definition) is 0. The predicted molar refractivity (Wildman–Crippen MR) is 47.9 cm³/mol. The van der Waals surface area contributed by atoms with Crippen molar-refractivity contribution in [1.82, 2.24) is 9.38 Å². The van der Waals surface area contributed by atoms with E-state index in [1.165, 1.54) is 0 Å². The molecular formula is C7H4BrClN2. The summed E-state index contributed by atoms with van der Waals surface area (Å²) in [4.78, 5) is 4.04. The predicted octanol–water partition coefficient (Wildman–Crippen LogP) is 2.75. The minimum absolute atomic E-state index is 0.479. The number of rotatable bonds is 0. The summed E-state index contributed by atoms with van der Waals surface area (Å²) in [6.07, 6.45) is 1.87. The molecule has 0 aliphatic carbocycles. The van der Waals surface area contributed by atoms with Gasteiger partial charge < -0.3 is 0 Å². The Bertz CT molecular complexity index is 360. The Morgan fingerprint density at radius 3 is 3.00 bits per heavy atom. The van der Waals surface area contributed by atoms with Crippen molar-refractivity contribution in [1.29, 1.82) is 0 Å². The largest absolute Gasteiger partial charge is 0.289 e. The Hall–Kier alpha value is -0.540. The van der Waals surface area contributed by atoms with E-state index in [-0.39, 0.29) is 0 Å². The molecule has 0 amide bonds. The van der Waals surface area contributed by atoms with Gasteiger partial charge in [-0.3, -0.25) is 4.40 Å². The molecule has 0 aliphatic rings. The van der Waals surface area contributed by atoms with Gasteiger partial charge in [0.1, 0.15) is 4.60 Å². The molecule has 11 heavy (non-hydrogen) atoms. The van der Waals surface area contributed by atoms with Crippen molar-refractivity contribution in [3.05, 3.63) is 34.3 Å². The fourth-order valence-corrected chi connectivity index (χ4v) is 1.79. The molecule has 0 N–H and O–H groups in total. The van der Waals surface area contributed by atoms with E-state index in [9.17, 15) is 0 Å². The lowest BCUT2D eigenvalue weighted by molar-refractivity contribution is 1.15. The SMILES string of the molecule is Clc1nc(Br)c2ccccn12. The molecule has 0 saturated carbocycles. The zero-order chi connectivity index (χ0) is 7.84. The van der Waals surface area contributed by atoms with Crippen LogP contribution < -0.4 is 0 Å². The van der Waals surface area contributed by atoms with Crippen LogP contribution in [0.2, 0.25) is 5.28 Å². The van der Waals surface area contributed by atoms with Crippen molar-refractivity contribution in [2.75, 3.05) is 0 Å². The smallest absolute Gasteiger partial charge is 0.208 e. The number of imidazole rings is 1. The molecule has 0 radical (unpaired) electrons. The standard InChI is InChI=1S/C7H4BrClN2/c8-6-5-3-1-2-4-11(5)7(9)10-6/h1-4H. The highest BCUT2D eigenvalue weighted by Gasteiger charge is 2.03. The molecule has 0 spiro atoms. The van der Waals surface area contributed by atoms with Crippen molar-refractivity contribution in [2.45, 2.75) is 0 Å². The first kappa shape index (κ1) is 7.13. The number of aromatic nitrogens is 2. The Balaban J connectivity index is 2.95. The zero-order valence-electron chi connectivity index (χ0n) is 5.46. The van der Waals surface area contributed by atoms with Gasteiger partial charge in [0, 0.05) is 6.20 Å². The minimum atomic E-state index is 0.479. The third kappa shape index (κ3) is 1.04. The van der Waals surface area contributed by atoms with E-state index in [0.717, 1.165) is 10.1 Å². The van der Waals surface area contributed by atoms with Crippen molar-refractivity contribution in [3.63, 3.8) is 0 Å². The van der Waals surface area contributed by atoms with Gasteiger partial charge >= 0.3 is 0 Å². The van der Waals surface area contributed by atoms with Crippen LogP contribution in [-0.4, -0.2) is 9.38 Å². The van der Waals surface area contributed by atoms with E-state index in [1.54, 1.807) is 0 Å². The van der Waals surface area contributed by atoms with Gasteiger partial charge in [0.2, 0.25) is 5.28 Å². The van der Waals surface area contributed by atoms with Crippen molar-refractivity contribution in [2.24, 2.45) is 0 Å². The second-order valence-corrected chi connectivity index (χ2v) is 3.22. The number of fused-ring (bicyclic) bond motifs is 1. The van der Waals surface area contributed by atoms with Crippen LogP contribution in [-0.2, 0) is 0 Å². The first-order chi connectivity index (χ1) is 5.29. The summed E-state index contributed by atoms with van der Waals surface area (Å²) < 4.78 is 2.59. The number of halogens is 2. The third-order valence-electron chi connectivity index (χ3n) is 1.46. The molecule has 0 aromatic carbocycles. The Morgan fingerprint density at radius 1 is 1.45 bits per heavy atom. The van der Waals surface area contributed by atoms with E-state index < -0.39 is 0 Å². The Morgan fingerprint density at radius 2 is 2.27 bits per heavy atom. The minimum Gasteiger partial charge on any atom is -0.289 e. The molecule has 56 valence electrons. The highest BCUT2D eigenvalue weighted by molar-refractivity contribution is 9.10. The number of nitrogens with zero attached hydrogens (tertiary/aromatic N) is 2. The topological polar surface area (TPSA) is 17.3 Å². The van der Waals surface area contributed by atoms with Gasteiger partial charge in [0.25, 0.3) is 0 Å². The molecular weight excluding hydrogens is 227 g/mol. The van der Waals surface area contributed by atoms with Gasteiger partial charge in [-0.15, -0.1) is 0 Å². The van der Waals surface area contributed by atoms with Crippen LogP contribution >= 0.6 is 27.5 Å². The summed E-state index contributed by atoms with van der Waals surface area (Å²) in [5, 5.41) is 0.479. The van der Waals surface area contributed by atoms with E-state index in [4.69, 9.17) is 11.6 Å². The molecule has 0 unspecified atom stereocenters. The second kappa shape index (κ2) is 2.50. The second-order valence-electron chi connectivity index (χ2n) is 2.13. The van der Waals surface area contributed by atoms with Gasteiger partial charge in [-0.25, -0.2) is 4.98 Å². The normalized spacial score (nSPS) is 10.7. The molecule has 2 rings (SSSR count). The first-order valence-electron chi connectivity index (χ1n) is 3.07. The maximum Gasteiger partial charge on any atom is 0.208 e. The lowest BCUT2D eigenvalue weighted by atomic mass is 10.4. The lowest BCUT2D eigenvalue weighted by Crippen LogP contribution is -1.80. The van der Waals surface area contributed by atoms with Gasteiger partial charge in [0.15, 0.2) is 0 Å². The van der Waals surface area contributed by atoms with Crippen LogP contribution in [0.4, 0.5) is 0 Å². The molecule has 0 saturated heterocycles. The molecule has 2 aromatic rings. The number of pyridine rings is 1. The third-order valence-corrected chi connectivity index (χ3v) is 2.31. The summed E-state index contributed by atoms with van der Waals surface area (Å²) in [7, 11) is 0. The molecule has 0 atom stereocenters. The summed E-state index contributed by atoms with van der Waals surface area (Å²) in [5.74, 6) is 0. The number of hydrogen-bond acceptors (Lipinski definition) is 1. The first-order valence-corrected chi connectivity index (χ1v) is 4.24. The molecule has 2 aromatic heterocycles. The average Bonchev–Trinajstić information content (AvgIpc) is 2.30. The van der Waals surface area contributed by atoms with E-state index >= 15 is 0 Å². The van der Waals surface area contributed by atoms with Gasteiger partial charge in [0.05, 0.1) is 5.52 Å². The van der Waals surface area contributed by atoms with Gasteiger partial charge in [-0.2, -0.15) is 0 Å². The van der Waals surface area contributed by atoms with Crippen molar-refractivity contribution < 1.29 is 0 Å². The fourth-order valence-electron chi connectivity index (χ4n) is 0.964. The van der Waals surface area contributed by atoms with E-state index in [1.807, 2.05) is 28.8 Å². The quantitative estimate of drug-likeness (QED) is 0.681. The van der Waals surface area contributed by atoms with Crippen LogP contribution in [0.15, 0.2) is 29.0 Å². The highest BCUT2D eigenvalue weighted by atomic mass is 79.9. The fraction of sp³-hybridized carbons (Fsp3) is 0. The summed E-state index contributed by atoms with van der Waals surface area (Å²) >= 11 is 9.10. The van der Waals surface area contributed by atoms with Crippen LogP contribution in [0, 0.1) is 0 Å². The summed E-state index contributed by atoms with van der Waals surface area (Å²) in [5.41, 5.74) is 0.984. The van der Waals surface area contributed by atoms with Crippen LogP contribution in [0.3, 0.4) is 0 Å². The zero-order valence-corrected chi connectivity index (χ0v) is 7.80. The Kier molecular flexibility index (Phi) is 1.62. The highest BCUT2D eigenvalue weighted by Crippen LogP contribution is 2.20. The van der Waals surface area contributed by atoms with Gasteiger partial charge in [-0.1, -0.05) is 6.07 Å². The molecule has 0 fully saturated rings. The molecule has 0 aliphatic heterocycles. The molecule has 2 nitrogen and oxygen atoms in total. The van der Waals surface area contributed by atoms with Gasteiger partial charge in [-0.05, 0) is 39.7 Å². The van der Waals surface area contributed by atoms with Crippen molar-refractivity contribution >= 4 is 33.0 Å². The van der Waals surface area contributed by atoms with Crippen LogP contribution in [0.1, 0.15) is 0 Å². The van der Waals surface area contributed by atoms with Crippen molar-refractivity contribution in [3.8, 4) is 0 Å². The maximum absolute atomic E-state index is 5.80.